The third-order valence-electron chi connectivity index (χ3n) is 3.11. The van der Waals surface area contributed by atoms with E-state index in [1.165, 1.54) is 11.1 Å². The number of amides is 2. The molecule has 0 saturated heterocycles. The summed E-state index contributed by atoms with van der Waals surface area (Å²) in [6.07, 6.45) is 0.868. The molecule has 3 N–H and O–H groups in total. The molecule has 0 aliphatic carbocycles. The van der Waals surface area contributed by atoms with E-state index < -0.39 is 0 Å². The minimum atomic E-state index is -0.305. The van der Waals surface area contributed by atoms with E-state index in [2.05, 4.69) is 11.4 Å². The Balaban J connectivity index is 0.00000180. The minimum absolute atomic E-state index is 0. The fourth-order valence-electron chi connectivity index (χ4n) is 2.07. The summed E-state index contributed by atoms with van der Waals surface area (Å²) in [5.74, 6) is -0.368. The lowest BCUT2D eigenvalue weighted by Crippen LogP contribution is -2.43. The molecule has 1 aliphatic rings. The second kappa shape index (κ2) is 7.11. The Kier molecular flexibility index (Phi) is 5.79. The molecule has 1 aromatic rings. The summed E-state index contributed by atoms with van der Waals surface area (Å²) in [5.41, 5.74) is 7.64. The Morgan fingerprint density at radius 3 is 2.63 bits per heavy atom. The van der Waals surface area contributed by atoms with Gasteiger partial charge in [-0.05, 0) is 17.5 Å². The number of hydrogen-bond donors (Lipinski definition) is 2. The van der Waals surface area contributed by atoms with Gasteiger partial charge in [0.15, 0.2) is 0 Å². The first-order valence-electron chi connectivity index (χ1n) is 6.02. The maximum atomic E-state index is 11.9. The number of fused-ring (bicyclic) bond motifs is 1. The second-order valence-electron chi connectivity index (χ2n) is 4.31. The van der Waals surface area contributed by atoms with Crippen molar-refractivity contribution in [3.05, 3.63) is 35.4 Å². The van der Waals surface area contributed by atoms with Crippen LogP contribution in [0.1, 0.15) is 11.1 Å². The Labute approximate surface area is 118 Å². The van der Waals surface area contributed by atoms with Crippen molar-refractivity contribution >= 4 is 24.2 Å². The first-order chi connectivity index (χ1) is 8.70. The van der Waals surface area contributed by atoms with Crippen LogP contribution in [-0.4, -0.2) is 36.3 Å². The van der Waals surface area contributed by atoms with Gasteiger partial charge in [-0.1, -0.05) is 24.3 Å². The molecule has 0 spiro atoms. The number of carbonyl (C=O) groups is 2. The van der Waals surface area contributed by atoms with Crippen LogP contribution >= 0.6 is 12.4 Å². The molecule has 0 saturated carbocycles. The number of nitrogens with zero attached hydrogens (tertiary/aromatic N) is 1. The Morgan fingerprint density at radius 2 is 1.95 bits per heavy atom. The Morgan fingerprint density at radius 1 is 1.26 bits per heavy atom. The molecule has 0 atom stereocenters. The summed E-state index contributed by atoms with van der Waals surface area (Å²) in [4.78, 5) is 24.7. The van der Waals surface area contributed by atoms with Crippen LogP contribution < -0.4 is 11.1 Å². The standard InChI is InChI=1S/C13H17N3O2.ClH/c14-7-12(17)15-8-13(18)16-6-5-10-3-1-2-4-11(10)9-16;/h1-4H,5-9,14H2,(H,15,17);1H. The molecule has 19 heavy (non-hydrogen) atoms. The number of benzene rings is 1. The van der Waals surface area contributed by atoms with Crippen molar-refractivity contribution in [1.82, 2.24) is 10.2 Å². The molecule has 2 rings (SSSR count). The number of nitrogens with two attached hydrogens (primary N) is 1. The number of rotatable bonds is 3. The maximum Gasteiger partial charge on any atom is 0.242 e. The monoisotopic (exact) mass is 283 g/mol. The highest BCUT2D eigenvalue weighted by atomic mass is 35.5. The lowest BCUT2D eigenvalue weighted by atomic mass is 10.00. The fourth-order valence-corrected chi connectivity index (χ4v) is 2.07. The summed E-state index contributed by atoms with van der Waals surface area (Å²) < 4.78 is 0. The molecule has 104 valence electrons. The normalized spacial score (nSPS) is 13.2. The van der Waals surface area contributed by atoms with Crippen LogP contribution in [0.4, 0.5) is 0 Å². The van der Waals surface area contributed by atoms with Gasteiger partial charge in [-0.25, -0.2) is 0 Å². The van der Waals surface area contributed by atoms with E-state index in [1.54, 1.807) is 4.90 Å². The van der Waals surface area contributed by atoms with Crippen LogP contribution in [0.3, 0.4) is 0 Å². The zero-order valence-corrected chi connectivity index (χ0v) is 11.4. The topological polar surface area (TPSA) is 75.4 Å². The molecule has 6 heteroatoms. The van der Waals surface area contributed by atoms with Gasteiger partial charge in [0, 0.05) is 13.1 Å². The van der Waals surface area contributed by atoms with Crippen molar-refractivity contribution < 1.29 is 9.59 Å². The zero-order valence-electron chi connectivity index (χ0n) is 10.6. The first-order valence-corrected chi connectivity index (χ1v) is 6.02. The van der Waals surface area contributed by atoms with Crippen LogP contribution in [-0.2, 0) is 22.6 Å². The van der Waals surface area contributed by atoms with Gasteiger partial charge in [0.2, 0.25) is 11.8 Å². The number of hydrogen-bond acceptors (Lipinski definition) is 3. The van der Waals surface area contributed by atoms with Crippen molar-refractivity contribution in [3.8, 4) is 0 Å². The third-order valence-corrected chi connectivity index (χ3v) is 3.11. The van der Waals surface area contributed by atoms with E-state index in [4.69, 9.17) is 5.73 Å². The Hall–Kier alpha value is -1.59. The van der Waals surface area contributed by atoms with Gasteiger partial charge < -0.3 is 16.0 Å². The number of carbonyl (C=O) groups excluding carboxylic acids is 2. The summed E-state index contributed by atoms with van der Waals surface area (Å²) in [6, 6.07) is 8.11. The van der Waals surface area contributed by atoms with Crippen molar-refractivity contribution in [3.63, 3.8) is 0 Å². The van der Waals surface area contributed by atoms with Crippen molar-refractivity contribution in [1.29, 1.82) is 0 Å². The molecule has 1 aromatic carbocycles. The SMILES string of the molecule is Cl.NCC(=O)NCC(=O)N1CCc2ccccc2C1. The molecule has 5 nitrogen and oxygen atoms in total. The van der Waals surface area contributed by atoms with Gasteiger partial charge in [0.1, 0.15) is 0 Å². The molecule has 2 amide bonds. The Bertz CT molecular complexity index is 465. The van der Waals surface area contributed by atoms with Crippen molar-refractivity contribution in [2.24, 2.45) is 5.73 Å². The molecular weight excluding hydrogens is 266 g/mol. The van der Waals surface area contributed by atoms with Gasteiger partial charge in [-0.15, -0.1) is 12.4 Å². The highest BCUT2D eigenvalue weighted by molar-refractivity contribution is 5.86. The summed E-state index contributed by atoms with van der Waals surface area (Å²) in [5, 5.41) is 2.50. The fraction of sp³-hybridized carbons (Fsp3) is 0.385. The van der Waals surface area contributed by atoms with E-state index in [0.717, 1.165) is 6.42 Å². The van der Waals surface area contributed by atoms with Gasteiger partial charge in [0.05, 0.1) is 13.1 Å². The lowest BCUT2D eigenvalue weighted by molar-refractivity contribution is -0.133. The molecule has 1 heterocycles. The van der Waals surface area contributed by atoms with Crippen molar-refractivity contribution in [2.75, 3.05) is 19.6 Å². The number of halogens is 1. The quantitative estimate of drug-likeness (QED) is 0.824. The third kappa shape index (κ3) is 3.94. The van der Waals surface area contributed by atoms with E-state index in [1.807, 2.05) is 18.2 Å². The summed E-state index contributed by atoms with van der Waals surface area (Å²) in [7, 11) is 0. The molecule has 0 radical (unpaired) electrons. The zero-order chi connectivity index (χ0) is 13.0. The molecule has 0 aromatic heterocycles. The largest absolute Gasteiger partial charge is 0.346 e. The summed E-state index contributed by atoms with van der Waals surface area (Å²) >= 11 is 0. The van der Waals surface area contributed by atoms with E-state index in [-0.39, 0.29) is 37.3 Å². The average molecular weight is 284 g/mol. The van der Waals surface area contributed by atoms with Crippen LogP contribution in [0.5, 0.6) is 0 Å². The van der Waals surface area contributed by atoms with Gasteiger partial charge in [-0.2, -0.15) is 0 Å². The predicted octanol–water partition coefficient (Wildman–Crippen LogP) is 0.0680. The molecule has 0 unspecified atom stereocenters. The lowest BCUT2D eigenvalue weighted by Gasteiger charge is -2.28. The van der Waals surface area contributed by atoms with Gasteiger partial charge >= 0.3 is 0 Å². The van der Waals surface area contributed by atoms with Crippen LogP contribution in [0.15, 0.2) is 24.3 Å². The van der Waals surface area contributed by atoms with Gasteiger partial charge in [-0.3, -0.25) is 9.59 Å². The number of nitrogens with one attached hydrogen (secondary N) is 1. The average Bonchev–Trinajstić information content (AvgIpc) is 2.43. The van der Waals surface area contributed by atoms with Crippen molar-refractivity contribution in [2.45, 2.75) is 13.0 Å². The predicted molar refractivity (Wildman–Crippen MR) is 74.9 cm³/mol. The van der Waals surface area contributed by atoms with E-state index in [9.17, 15) is 9.59 Å². The van der Waals surface area contributed by atoms with Gasteiger partial charge in [0.25, 0.3) is 0 Å². The maximum absolute atomic E-state index is 11.9. The molecule has 1 aliphatic heterocycles. The first kappa shape index (κ1) is 15.5. The highest BCUT2D eigenvalue weighted by Crippen LogP contribution is 2.18. The smallest absolute Gasteiger partial charge is 0.242 e. The molecular formula is C13H18ClN3O2. The minimum Gasteiger partial charge on any atom is -0.346 e. The van der Waals surface area contributed by atoms with Crippen LogP contribution in [0.2, 0.25) is 0 Å². The van der Waals surface area contributed by atoms with E-state index in [0.29, 0.717) is 13.1 Å². The highest BCUT2D eigenvalue weighted by Gasteiger charge is 2.20. The second-order valence-corrected chi connectivity index (χ2v) is 4.31. The molecule has 0 fully saturated rings. The van der Waals surface area contributed by atoms with Crippen LogP contribution in [0, 0.1) is 0 Å². The summed E-state index contributed by atoms with van der Waals surface area (Å²) in [6.45, 7) is 1.26. The van der Waals surface area contributed by atoms with E-state index >= 15 is 0 Å². The molecule has 0 bridgehead atoms. The van der Waals surface area contributed by atoms with Crippen LogP contribution in [0.25, 0.3) is 0 Å².